The van der Waals surface area contributed by atoms with Gasteiger partial charge in [0.1, 0.15) is 24.2 Å². The minimum Gasteiger partial charge on any atom is -0.474 e. The predicted octanol–water partition coefficient (Wildman–Crippen LogP) is 4.10. The van der Waals surface area contributed by atoms with Crippen molar-refractivity contribution in [3.8, 4) is 17.0 Å². The van der Waals surface area contributed by atoms with E-state index in [0.717, 1.165) is 24.1 Å². The van der Waals surface area contributed by atoms with Crippen LogP contribution in [0.3, 0.4) is 0 Å². The summed E-state index contributed by atoms with van der Waals surface area (Å²) in [7, 11) is 0. The number of nitrogen functional groups attached to an aromatic ring is 1. The number of ether oxygens (including phenoxy) is 3. The first-order chi connectivity index (χ1) is 17.0. The van der Waals surface area contributed by atoms with Gasteiger partial charge in [-0.05, 0) is 48.8 Å². The molecule has 1 aromatic carbocycles. The van der Waals surface area contributed by atoms with Crippen LogP contribution in [0.25, 0.3) is 21.9 Å². The first kappa shape index (κ1) is 21.8. The fraction of sp³-hybridized carbons (Fsp3) is 0.400. The van der Waals surface area contributed by atoms with Gasteiger partial charge in [-0.1, -0.05) is 0 Å². The molecule has 2 atom stereocenters. The van der Waals surface area contributed by atoms with Crippen LogP contribution >= 0.6 is 0 Å². The highest BCUT2D eigenvalue weighted by Gasteiger charge is 2.42. The van der Waals surface area contributed by atoms with Gasteiger partial charge >= 0.3 is 6.09 Å². The molecule has 0 bridgehead atoms. The summed E-state index contributed by atoms with van der Waals surface area (Å²) < 4.78 is 32.1. The van der Waals surface area contributed by atoms with Crippen LogP contribution in [0.1, 0.15) is 18.4 Å². The van der Waals surface area contributed by atoms with E-state index in [1.54, 1.807) is 18.3 Å². The fourth-order valence-corrected chi connectivity index (χ4v) is 4.96. The van der Waals surface area contributed by atoms with E-state index in [4.69, 9.17) is 19.9 Å². The van der Waals surface area contributed by atoms with Crippen molar-refractivity contribution in [3.05, 3.63) is 35.9 Å². The van der Waals surface area contributed by atoms with Crippen LogP contribution in [0.5, 0.6) is 5.88 Å². The van der Waals surface area contributed by atoms with E-state index in [0.29, 0.717) is 60.1 Å². The maximum Gasteiger partial charge on any atom is 0.413 e. The monoisotopic (exact) mass is 479 g/mol. The lowest BCUT2D eigenvalue weighted by Gasteiger charge is -2.22. The average molecular weight is 480 g/mol. The fourth-order valence-electron chi connectivity index (χ4n) is 4.96. The predicted molar refractivity (Wildman–Crippen MR) is 129 cm³/mol. The molecule has 182 valence electrons. The van der Waals surface area contributed by atoms with Gasteiger partial charge in [0.15, 0.2) is 5.82 Å². The van der Waals surface area contributed by atoms with Gasteiger partial charge in [0, 0.05) is 41.4 Å². The van der Waals surface area contributed by atoms with E-state index in [2.05, 4.69) is 20.6 Å². The van der Waals surface area contributed by atoms with Crippen LogP contribution in [0, 0.1) is 24.6 Å². The van der Waals surface area contributed by atoms with Gasteiger partial charge < -0.3 is 25.3 Å². The van der Waals surface area contributed by atoms with E-state index in [9.17, 15) is 4.79 Å². The number of anilines is 3. The summed E-state index contributed by atoms with van der Waals surface area (Å²) in [5.41, 5.74) is 8.60. The Kier molecular flexibility index (Phi) is 5.32. The van der Waals surface area contributed by atoms with Crippen molar-refractivity contribution >= 4 is 34.1 Å². The number of hydrogen-bond donors (Lipinski definition) is 3. The summed E-state index contributed by atoms with van der Waals surface area (Å²) in [6, 6.07) is 3.34. The van der Waals surface area contributed by atoms with Gasteiger partial charge in [-0.15, -0.1) is 0 Å². The molecule has 1 saturated carbocycles. The summed E-state index contributed by atoms with van der Waals surface area (Å²) in [4.78, 5) is 21.1. The Morgan fingerprint density at radius 3 is 2.91 bits per heavy atom. The van der Waals surface area contributed by atoms with E-state index >= 15 is 4.39 Å². The number of halogens is 1. The Morgan fingerprint density at radius 2 is 2.09 bits per heavy atom. The van der Waals surface area contributed by atoms with Crippen molar-refractivity contribution in [2.24, 2.45) is 11.8 Å². The standard InChI is InChI=1S/C25H26FN5O4/c1-12-16(8-30-24-23(12)28-4-5-34-24)15-6-14-7-20(29-9-17(14)22(27)21(15)26)31-25(32)35-19-11-33-10-18(19)13-2-3-13/h6-9,13,18-19,28H,2-5,10-11,27H2,1H3,(H,29,31,32)/t18-,19+/m0/s1. The third kappa shape index (κ3) is 3.97. The van der Waals surface area contributed by atoms with Crippen molar-refractivity contribution in [1.29, 1.82) is 0 Å². The molecule has 2 aromatic heterocycles. The number of benzene rings is 1. The lowest BCUT2D eigenvalue weighted by molar-refractivity contribution is 0.0788. The molecule has 0 unspecified atom stereocenters. The van der Waals surface area contributed by atoms with Gasteiger partial charge in [-0.2, -0.15) is 0 Å². The van der Waals surface area contributed by atoms with Gasteiger partial charge in [0.25, 0.3) is 0 Å². The van der Waals surface area contributed by atoms with E-state index < -0.39 is 11.9 Å². The van der Waals surface area contributed by atoms with E-state index in [1.165, 1.54) is 6.20 Å². The lowest BCUT2D eigenvalue weighted by Crippen LogP contribution is -2.29. The second-order valence-electron chi connectivity index (χ2n) is 9.30. The highest BCUT2D eigenvalue weighted by molar-refractivity contribution is 5.99. The molecule has 2 aliphatic heterocycles. The van der Waals surface area contributed by atoms with Crippen molar-refractivity contribution in [2.75, 3.05) is 42.7 Å². The number of aromatic nitrogens is 2. The first-order valence-corrected chi connectivity index (χ1v) is 11.8. The quantitative estimate of drug-likeness (QED) is 0.478. The number of carbonyl (C=O) groups is 1. The van der Waals surface area contributed by atoms with Crippen LogP contribution in [-0.2, 0) is 9.47 Å². The molecule has 4 N–H and O–H groups in total. The normalized spacial score (nSPS) is 21.2. The van der Waals surface area contributed by atoms with E-state index in [-0.39, 0.29) is 23.5 Å². The Labute approximate surface area is 201 Å². The smallest absolute Gasteiger partial charge is 0.413 e. The molecule has 0 spiro atoms. The van der Waals surface area contributed by atoms with Gasteiger partial charge in [0.05, 0.1) is 18.9 Å². The molecule has 4 heterocycles. The number of fused-ring (bicyclic) bond motifs is 2. The van der Waals surface area contributed by atoms with Gasteiger partial charge in [-0.25, -0.2) is 19.2 Å². The molecule has 1 saturated heterocycles. The Morgan fingerprint density at radius 1 is 1.23 bits per heavy atom. The summed E-state index contributed by atoms with van der Waals surface area (Å²) >= 11 is 0. The molecule has 3 aromatic rings. The van der Waals surface area contributed by atoms with Crippen molar-refractivity contribution < 1.29 is 23.4 Å². The number of pyridine rings is 2. The molecular weight excluding hydrogens is 453 g/mol. The summed E-state index contributed by atoms with van der Waals surface area (Å²) in [5, 5.41) is 7.03. The largest absolute Gasteiger partial charge is 0.474 e. The minimum atomic E-state index is -0.589. The van der Waals surface area contributed by atoms with Crippen LogP contribution in [0.15, 0.2) is 24.5 Å². The van der Waals surface area contributed by atoms with Crippen LogP contribution in [0.2, 0.25) is 0 Å². The number of carbonyl (C=O) groups excluding carboxylic acids is 1. The topological polar surface area (TPSA) is 121 Å². The zero-order valence-electron chi connectivity index (χ0n) is 19.3. The molecule has 35 heavy (non-hydrogen) atoms. The number of nitrogens with two attached hydrogens (primary N) is 1. The molecule has 2 fully saturated rings. The van der Waals surface area contributed by atoms with E-state index in [1.807, 2.05) is 6.92 Å². The molecular formula is C25H26FN5O4. The SMILES string of the molecule is Cc1c(-c2cc3cc(NC(=O)O[C@@H]4COC[C@H]4C4CC4)ncc3c(N)c2F)cnc2c1NCCO2. The minimum absolute atomic E-state index is 0.0177. The van der Waals surface area contributed by atoms with Crippen molar-refractivity contribution in [1.82, 2.24) is 9.97 Å². The lowest BCUT2D eigenvalue weighted by atomic mass is 9.97. The number of amides is 1. The Hall–Kier alpha value is -3.66. The molecule has 0 radical (unpaired) electrons. The maximum absolute atomic E-state index is 15.3. The second kappa shape index (κ2) is 8.53. The van der Waals surface area contributed by atoms with Crippen molar-refractivity contribution in [3.63, 3.8) is 0 Å². The number of hydrogen-bond acceptors (Lipinski definition) is 8. The van der Waals surface area contributed by atoms with Crippen LogP contribution in [-0.4, -0.2) is 48.5 Å². The Balaban J connectivity index is 1.29. The third-order valence-corrected chi connectivity index (χ3v) is 7.02. The molecule has 10 heteroatoms. The van der Waals surface area contributed by atoms with Gasteiger partial charge in [0.2, 0.25) is 5.88 Å². The van der Waals surface area contributed by atoms with Crippen LogP contribution < -0.4 is 21.1 Å². The zero-order valence-corrected chi connectivity index (χ0v) is 19.3. The molecule has 3 aliphatic rings. The molecule has 1 amide bonds. The highest BCUT2D eigenvalue weighted by atomic mass is 19.1. The number of rotatable bonds is 4. The zero-order chi connectivity index (χ0) is 24.1. The molecule has 1 aliphatic carbocycles. The highest BCUT2D eigenvalue weighted by Crippen LogP contribution is 2.42. The maximum atomic E-state index is 15.3. The number of nitrogens with zero attached hydrogens (tertiary/aromatic N) is 2. The summed E-state index contributed by atoms with van der Waals surface area (Å²) in [5.74, 6) is 1.07. The van der Waals surface area contributed by atoms with Crippen LogP contribution in [0.4, 0.5) is 26.4 Å². The van der Waals surface area contributed by atoms with Gasteiger partial charge in [-0.3, -0.25) is 5.32 Å². The third-order valence-electron chi connectivity index (χ3n) is 7.02. The molecule has 6 rings (SSSR count). The van der Waals surface area contributed by atoms with Crippen molar-refractivity contribution in [2.45, 2.75) is 25.9 Å². The Bertz CT molecular complexity index is 1330. The first-order valence-electron chi connectivity index (χ1n) is 11.8. The molecule has 9 nitrogen and oxygen atoms in total. The number of nitrogens with one attached hydrogen (secondary N) is 2. The summed E-state index contributed by atoms with van der Waals surface area (Å²) in [6.07, 6.45) is 4.51. The average Bonchev–Trinajstić information content (AvgIpc) is 3.60. The second-order valence-corrected chi connectivity index (χ2v) is 9.30. The summed E-state index contributed by atoms with van der Waals surface area (Å²) in [6.45, 7) is 4.09.